The molecule has 2 fully saturated rings. The third-order valence-electron chi connectivity index (χ3n) is 5.80. The molecule has 2 unspecified atom stereocenters. The lowest BCUT2D eigenvalue weighted by molar-refractivity contribution is 0.218. The van der Waals surface area contributed by atoms with Gasteiger partial charge in [0.15, 0.2) is 0 Å². The molecule has 10 heteroatoms. The van der Waals surface area contributed by atoms with Crippen molar-refractivity contribution in [2.24, 2.45) is 11.8 Å². The molecule has 1 saturated carbocycles. The molecule has 1 saturated heterocycles. The molecule has 3 aromatic rings. The summed E-state index contributed by atoms with van der Waals surface area (Å²) >= 11 is 1.33. The average molecular weight is 384 g/mol. The molecular formula is C17H20N8OS. The summed E-state index contributed by atoms with van der Waals surface area (Å²) in [4.78, 5) is 28.5. The minimum Gasteiger partial charge on any atom is -0.356 e. The normalized spacial score (nSPS) is 24.3. The van der Waals surface area contributed by atoms with E-state index in [0.717, 1.165) is 42.8 Å². The Morgan fingerprint density at radius 2 is 2.15 bits per heavy atom. The first-order valence-corrected chi connectivity index (χ1v) is 9.90. The summed E-state index contributed by atoms with van der Waals surface area (Å²) in [7, 11) is 2.11. The summed E-state index contributed by atoms with van der Waals surface area (Å²) in [6.07, 6.45) is 5.65. The first kappa shape index (κ1) is 16.4. The van der Waals surface area contributed by atoms with E-state index in [9.17, 15) is 4.79 Å². The number of carbonyl (C=O) groups excluding carboxylic acids is 1. The van der Waals surface area contributed by atoms with Gasteiger partial charge in [-0.2, -0.15) is 0 Å². The Morgan fingerprint density at radius 3 is 2.89 bits per heavy atom. The molecule has 2 aliphatic rings. The van der Waals surface area contributed by atoms with Gasteiger partial charge in [-0.3, -0.25) is 5.32 Å². The number of rotatable bonds is 3. The van der Waals surface area contributed by atoms with Crippen LogP contribution in [-0.2, 0) is 0 Å². The molecule has 0 spiro atoms. The van der Waals surface area contributed by atoms with Crippen LogP contribution in [0.3, 0.4) is 0 Å². The number of aromatic nitrogens is 5. The van der Waals surface area contributed by atoms with E-state index in [1.807, 2.05) is 17.2 Å². The van der Waals surface area contributed by atoms with E-state index >= 15 is 0 Å². The van der Waals surface area contributed by atoms with Crippen LogP contribution in [0.2, 0.25) is 0 Å². The largest absolute Gasteiger partial charge is 0.356 e. The van der Waals surface area contributed by atoms with E-state index in [1.165, 1.54) is 11.3 Å². The van der Waals surface area contributed by atoms with Gasteiger partial charge in [-0.15, -0.1) is 10.2 Å². The van der Waals surface area contributed by atoms with Crippen molar-refractivity contribution in [2.45, 2.75) is 18.9 Å². The molecule has 3 aromatic heterocycles. The zero-order chi connectivity index (χ0) is 18.4. The number of likely N-dealkylation sites (tertiary alicyclic amines) is 1. The van der Waals surface area contributed by atoms with Crippen LogP contribution in [0.25, 0.3) is 11.0 Å². The maximum Gasteiger partial charge on any atom is 0.323 e. The van der Waals surface area contributed by atoms with Gasteiger partial charge in [-0.1, -0.05) is 11.3 Å². The number of anilines is 2. The number of carbonyl (C=O) groups is 1. The highest BCUT2D eigenvalue weighted by molar-refractivity contribution is 7.13. The second-order valence-electron chi connectivity index (χ2n) is 7.27. The predicted molar refractivity (Wildman–Crippen MR) is 103 cm³/mol. The van der Waals surface area contributed by atoms with E-state index < -0.39 is 0 Å². The number of hydrogen-bond donors (Lipinski definition) is 2. The lowest BCUT2D eigenvalue weighted by Crippen LogP contribution is -2.36. The van der Waals surface area contributed by atoms with Crippen molar-refractivity contribution in [3.63, 3.8) is 0 Å². The second kappa shape index (κ2) is 6.45. The van der Waals surface area contributed by atoms with Gasteiger partial charge >= 0.3 is 6.03 Å². The Balaban J connectivity index is 1.24. The Kier molecular flexibility index (Phi) is 3.92. The molecule has 0 bridgehead atoms. The number of fused-ring (bicyclic) bond motifs is 2. The van der Waals surface area contributed by atoms with Gasteiger partial charge < -0.3 is 14.8 Å². The summed E-state index contributed by atoms with van der Waals surface area (Å²) < 4.78 is 0. The van der Waals surface area contributed by atoms with Crippen LogP contribution in [0.15, 0.2) is 24.1 Å². The lowest BCUT2D eigenvalue weighted by atomic mass is 10.0. The number of urea groups is 1. The van der Waals surface area contributed by atoms with Gasteiger partial charge in [0, 0.05) is 32.4 Å². The average Bonchev–Trinajstić information content (AvgIpc) is 3.42. The lowest BCUT2D eigenvalue weighted by Gasteiger charge is -2.27. The summed E-state index contributed by atoms with van der Waals surface area (Å²) in [5.74, 6) is 2.03. The van der Waals surface area contributed by atoms with Crippen molar-refractivity contribution in [1.82, 2.24) is 30.0 Å². The molecule has 1 aliphatic carbocycles. The standard InChI is InChI=1S/C17H20N8OS/c1-24(15-13-2-3-18-14(13)19-8-20-15)12-4-10-6-25(7-11(10)5-12)17(26)22-16-23-21-9-27-16/h2-3,8-12H,4-7H2,1H3,(H,18,19,20)(H,22,23,26)/t10-,11?,12?/m0/s1. The second-order valence-corrected chi connectivity index (χ2v) is 8.11. The Morgan fingerprint density at radius 1 is 1.33 bits per heavy atom. The quantitative estimate of drug-likeness (QED) is 0.717. The van der Waals surface area contributed by atoms with Crippen molar-refractivity contribution in [2.75, 3.05) is 30.4 Å². The molecule has 9 nitrogen and oxygen atoms in total. The zero-order valence-corrected chi connectivity index (χ0v) is 15.7. The molecule has 27 heavy (non-hydrogen) atoms. The summed E-state index contributed by atoms with van der Waals surface area (Å²) in [5, 5.41) is 12.1. The monoisotopic (exact) mass is 384 g/mol. The molecule has 0 radical (unpaired) electrons. The number of hydrogen-bond acceptors (Lipinski definition) is 7. The van der Waals surface area contributed by atoms with Gasteiger partial charge in [-0.05, 0) is 30.7 Å². The fourth-order valence-electron chi connectivity index (χ4n) is 4.46. The molecule has 2 amide bonds. The minimum atomic E-state index is -0.0733. The molecular weight excluding hydrogens is 364 g/mol. The number of amides is 2. The van der Waals surface area contributed by atoms with Crippen LogP contribution < -0.4 is 10.2 Å². The SMILES string of the molecule is CN(c1ncnc2[nH]ccc12)C1CC2CN(C(=O)Nc3nncs3)C[C@@H]2C1. The highest BCUT2D eigenvalue weighted by atomic mass is 32.1. The van der Waals surface area contributed by atoms with E-state index in [4.69, 9.17) is 0 Å². The Labute approximate surface area is 159 Å². The van der Waals surface area contributed by atoms with Gasteiger partial charge in [-0.25, -0.2) is 14.8 Å². The Hall–Kier alpha value is -2.75. The maximum atomic E-state index is 12.4. The van der Waals surface area contributed by atoms with E-state index in [2.05, 4.69) is 42.4 Å². The molecule has 5 rings (SSSR count). The third-order valence-corrected chi connectivity index (χ3v) is 6.41. The van der Waals surface area contributed by atoms with Crippen molar-refractivity contribution < 1.29 is 4.79 Å². The molecule has 3 atom stereocenters. The van der Waals surface area contributed by atoms with Crippen molar-refractivity contribution >= 4 is 39.4 Å². The van der Waals surface area contributed by atoms with E-state index in [1.54, 1.807) is 11.8 Å². The molecule has 4 heterocycles. The first-order chi connectivity index (χ1) is 13.2. The van der Waals surface area contributed by atoms with Crippen LogP contribution in [0.4, 0.5) is 15.7 Å². The molecule has 2 N–H and O–H groups in total. The number of H-pyrrole nitrogens is 1. The van der Waals surface area contributed by atoms with Crippen LogP contribution in [0.5, 0.6) is 0 Å². The molecule has 1 aliphatic heterocycles. The predicted octanol–water partition coefficient (Wildman–Crippen LogP) is 2.19. The van der Waals surface area contributed by atoms with Gasteiger partial charge in [0.05, 0.1) is 5.39 Å². The van der Waals surface area contributed by atoms with Crippen LogP contribution in [0, 0.1) is 11.8 Å². The van der Waals surface area contributed by atoms with Crippen LogP contribution in [0.1, 0.15) is 12.8 Å². The Bertz CT molecular complexity index is 943. The smallest absolute Gasteiger partial charge is 0.323 e. The molecule has 140 valence electrons. The van der Waals surface area contributed by atoms with E-state index in [0.29, 0.717) is 23.0 Å². The number of aromatic amines is 1. The fourth-order valence-corrected chi connectivity index (χ4v) is 4.90. The van der Waals surface area contributed by atoms with Gasteiger partial charge in [0.2, 0.25) is 5.13 Å². The summed E-state index contributed by atoms with van der Waals surface area (Å²) in [6.45, 7) is 1.59. The van der Waals surface area contributed by atoms with E-state index in [-0.39, 0.29) is 6.03 Å². The number of nitrogens with zero attached hydrogens (tertiary/aromatic N) is 6. The molecule has 0 aromatic carbocycles. The summed E-state index contributed by atoms with van der Waals surface area (Å²) in [6, 6.07) is 2.38. The summed E-state index contributed by atoms with van der Waals surface area (Å²) in [5.41, 5.74) is 2.48. The highest BCUT2D eigenvalue weighted by Crippen LogP contribution is 2.41. The fraction of sp³-hybridized carbons (Fsp3) is 0.471. The topological polar surface area (TPSA) is 103 Å². The van der Waals surface area contributed by atoms with Gasteiger partial charge in [0.1, 0.15) is 23.3 Å². The maximum absolute atomic E-state index is 12.4. The highest BCUT2D eigenvalue weighted by Gasteiger charge is 2.44. The van der Waals surface area contributed by atoms with Crippen LogP contribution >= 0.6 is 11.3 Å². The van der Waals surface area contributed by atoms with Crippen molar-refractivity contribution in [3.8, 4) is 0 Å². The third kappa shape index (κ3) is 2.89. The minimum absolute atomic E-state index is 0.0733. The number of nitrogens with one attached hydrogen (secondary N) is 2. The van der Waals surface area contributed by atoms with Crippen molar-refractivity contribution in [3.05, 3.63) is 24.1 Å². The zero-order valence-electron chi connectivity index (χ0n) is 14.9. The van der Waals surface area contributed by atoms with Crippen LogP contribution in [-0.4, -0.2) is 62.3 Å². The first-order valence-electron chi connectivity index (χ1n) is 9.02. The van der Waals surface area contributed by atoms with Gasteiger partial charge in [0.25, 0.3) is 0 Å². The van der Waals surface area contributed by atoms with Crippen molar-refractivity contribution in [1.29, 1.82) is 0 Å².